The Morgan fingerprint density at radius 1 is 1.37 bits per heavy atom. The molecule has 1 fully saturated rings. The standard InChI is InChI=1S/C13H10Cl2N2OS/c14-10-2-1-8(5-11(10)15)13(18)9(6-16)12-7-19-4-3-17-12/h1-2,5,17H,3-4,7H2/b12-9-. The third-order valence-corrected chi connectivity index (χ3v) is 4.38. The lowest BCUT2D eigenvalue weighted by atomic mass is 10.0. The Balaban J connectivity index is 2.36. The van der Waals surface area contributed by atoms with Crippen molar-refractivity contribution in [2.75, 3.05) is 18.1 Å². The summed E-state index contributed by atoms with van der Waals surface area (Å²) in [6.45, 7) is 0.764. The number of benzene rings is 1. The largest absolute Gasteiger partial charge is 0.386 e. The first-order valence-corrected chi connectivity index (χ1v) is 7.49. The van der Waals surface area contributed by atoms with E-state index in [1.807, 2.05) is 6.07 Å². The van der Waals surface area contributed by atoms with Crippen LogP contribution in [0.2, 0.25) is 10.0 Å². The minimum atomic E-state index is -0.328. The Morgan fingerprint density at radius 2 is 2.16 bits per heavy atom. The number of allylic oxidation sites excluding steroid dienone is 1. The molecule has 0 aliphatic carbocycles. The third kappa shape index (κ3) is 3.24. The zero-order valence-corrected chi connectivity index (χ0v) is 12.2. The molecule has 1 N–H and O–H groups in total. The van der Waals surface area contributed by atoms with Crippen LogP contribution in [0.3, 0.4) is 0 Å². The molecule has 1 aromatic rings. The molecule has 0 amide bonds. The molecule has 0 spiro atoms. The summed E-state index contributed by atoms with van der Waals surface area (Å²) in [7, 11) is 0. The first kappa shape index (κ1) is 14.3. The highest BCUT2D eigenvalue weighted by molar-refractivity contribution is 7.99. The second-order valence-corrected chi connectivity index (χ2v) is 5.82. The van der Waals surface area contributed by atoms with Gasteiger partial charge < -0.3 is 5.32 Å². The zero-order chi connectivity index (χ0) is 13.8. The van der Waals surface area contributed by atoms with Crippen LogP contribution in [-0.4, -0.2) is 23.8 Å². The predicted molar refractivity (Wildman–Crippen MR) is 78.8 cm³/mol. The van der Waals surface area contributed by atoms with Crippen molar-refractivity contribution < 1.29 is 4.79 Å². The lowest BCUT2D eigenvalue weighted by Gasteiger charge is -2.17. The van der Waals surface area contributed by atoms with Gasteiger partial charge in [-0.25, -0.2) is 0 Å². The number of nitrogens with zero attached hydrogens (tertiary/aromatic N) is 1. The summed E-state index contributed by atoms with van der Waals surface area (Å²) in [6, 6.07) is 6.60. The summed E-state index contributed by atoms with van der Waals surface area (Å²) in [4.78, 5) is 12.3. The molecule has 0 bridgehead atoms. The van der Waals surface area contributed by atoms with Gasteiger partial charge in [0, 0.05) is 29.3 Å². The Labute approximate surface area is 125 Å². The smallest absolute Gasteiger partial charge is 0.205 e. The van der Waals surface area contributed by atoms with E-state index in [1.54, 1.807) is 23.9 Å². The normalized spacial score (nSPS) is 17.3. The molecule has 98 valence electrons. The first-order valence-electron chi connectivity index (χ1n) is 5.58. The number of ketones is 1. The number of thioether (sulfide) groups is 1. The zero-order valence-electron chi connectivity index (χ0n) is 9.87. The van der Waals surface area contributed by atoms with E-state index < -0.39 is 0 Å². The monoisotopic (exact) mass is 312 g/mol. The lowest BCUT2D eigenvalue weighted by molar-refractivity contribution is 0.103. The van der Waals surface area contributed by atoms with Crippen molar-refractivity contribution in [3.05, 3.63) is 45.1 Å². The summed E-state index contributed by atoms with van der Waals surface area (Å²) in [5.41, 5.74) is 1.20. The molecule has 1 heterocycles. The first-order chi connectivity index (χ1) is 9.13. The van der Waals surface area contributed by atoms with E-state index in [9.17, 15) is 10.1 Å². The highest BCUT2D eigenvalue weighted by atomic mass is 35.5. The van der Waals surface area contributed by atoms with Crippen LogP contribution in [-0.2, 0) is 0 Å². The van der Waals surface area contributed by atoms with Gasteiger partial charge in [0.15, 0.2) is 0 Å². The molecule has 19 heavy (non-hydrogen) atoms. The van der Waals surface area contributed by atoms with Crippen LogP contribution in [0.4, 0.5) is 0 Å². The summed E-state index contributed by atoms with van der Waals surface area (Å²) >= 11 is 13.4. The summed E-state index contributed by atoms with van der Waals surface area (Å²) < 4.78 is 0. The van der Waals surface area contributed by atoms with Crippen molar-refractivity contribution in [3.63, 3.8) is 0 Å². The van der Waals surface area contributed by atoms with Gasteiger partial charge in [-0.2, -0.15) is 17.0 Å². The molecule has 0 aromatic heterocycles. The van der Waals surface area contributed by atoms with Crippen molar-refractivity contribution in [2.24, 2.45) is 0 Å². The minimum absolute atomic E-state index is 0.144. The molecular formula is C13H10Cl2N2OS. The molecule has 0 saturated carbocycles. The van der Waals surface area contributed by atoms with Gasteiger partial charge in [0.25, 0.3) is 0 Å². The number of nitriles is 1. The molecule has 0 unspecified atom stereocenters. The van der Waals surface area contributed by atoms with Gasteiger partial charge in [0.1, 0.15) is 11.6 Å². The van der Waals surface area contributed by atoms with E-state index in [2.05, 4.69) is 5.32 Å². The molecule has 1 saturated heterocycles. The SMILES string of the molecule is N#C/C(C(=O)c1ccc(Cl)c(Cl)c1)=C1\CSCCN1. The van der Waals surface area contributed by atoms with Crippen molar-refractivity contribution in [3.8, 4) is 6.07 Å². The number of carbonyl (C=O) groups is 1. The second kappa shape index (κ2) is 6.33. The van der Waals surface area contributed by atoms with E-state index >= 15 is 0 Å². The molecule has 0 atom stereocenters. The topological polar surface area (TPSA) is 52.9 Å². The van der Waals surface area contributed by atoms with Gasteiger partial charge in [-0.15, -0.1) is 0 Å². The van der Waals surface area contributed by atoms with Gasteiger partial charge in [-0.3, -0.25) is 4.79 Å². The Morgan fingerprint density at radius 3 is 2.74 bits per heavy atom. The molecular weight excluding hydrogens is 303 g/mol. The maximum Gasteiger partial charge on any atom is 0.205 e. The summed E-state index contributed by atoms with van der Waals surface area (Å²) in [5, 5.41) is 13.0. The highest BCUT2D eigenvalue weighted by Crippen LogP contribution is 2.25. The fourth-order valence-corrected chi connectivity index (χ4v) is 2.84. The average molecular weight is 313 g/mol. The molecule has 1 aliphatic rings. The maximum absolute atomic E-state index is 12.3. The molecule has 0 radical (unpaired) electrons. The van der Waals surface area contributed by atoms with Gasteiger partial charge in [-0.1, -0.05) is 23.2 Å². The maximum atomic E-state index is 12.3. The van der Waals surface area contributed by atoms with Gasteiger partial charge in [0.2, 0.25) is 5.78 Å². The van der Waals surface area contributed by atoms with Crippen LogP contribution >= 0.6 is 35.0 Å². The molecule has 1 aromatic carbocycles. The number of nitrogens with one attached hydrogen (secondary N) is 1. The highest BCUT2D eigenvalue weighted by Gasteiger charge is 2.19. The van der Waals surface area contributed by atoms with Crippen LogP contribution in [0, 0.1) is 11.3 Å². The number of carbonyl (C=O) groups excluding carboxylic acids is 1. The Kier molecular flexibility index (Phi) is 4.76. The molecule has 2 rings (SSSR count). The van der Waals surface area contributed by atoms with Crippen LogP contribution in [0.15, 0.2) is 29.5 Å². The van der Waals surface area contributed by atoms with Gasteiger partial charge >= 0.3 is 0 Å². The number of rotatable bonds is 2. The fraction of sp³-hybridized carbons (Fsp3) is 0.231. The minimum Gasteiger partial charge on any atom is -0.386 e. The van der Waals surface area contributed by atoms with Gasteiger partial charge in [0.05, 0.1) is 10.0 Å². The number of Topliss-reactive ketones (excluding diaryl/α,β-unsaturated/α-hetero) is 1. The van der Waals surface area contributed by atoms with Crippen LogP contribution in [0.1, 0.15) is 10.4 Å². The number of halogens is 2. The Hall–Kier alpha value is -1.15. The van der Waals surface area contributed by atoms with Crippen molar-refractivity contribution in [1.82, 2.24) is 5.32 Å². The number of hydrogen-bond acceptors (Lipinski definition) is 4. The van der Waals surface area contributed by atoms with Gasteiger partial charge in [-0.05, 0) is 18.2 Å². The van der Waals surface area contributed by atoms with Crippen molar-refractivity contribution in [2.45, 2.75) is 0 Å². The Bertz CT molecular complexity index is 585. The summed E-state index contributed by atoms with van der Waals surface area (Å²) in [6.07, 6.45) is 0. The second-order valence-electron chi connectivity index (χ2n) is 3.90. The van der Waals surface area contributed by atoms with Crippen molar-refractivity contribution in [1.29, 1.82) is 5.26 Å². The lowest BCUT2D eigenvalue weighted by Crippen LogP contribution is -2.26. The number of hydrogen-bond donors (Lipinski definition) is 1. The summed E-state index contributed by atoms with van der Waals surface area (Å²) in [5.74, 6) is 1.30. The molecule has 1 aliphatic heterocycles. The van der Waals surface area contributed by atoms with Crippen LogP contribution < -0.4 is 5.32 Å². The van der Waals surface area contributed by atoms with E-state index in [1.165, 1.54) is 6.07 Å². The average Bonchev–Trinajstić information content (AvgIpc) is 2.44. The van der Waals surface area contributed by atoms with Crippen molar-refractivity contribution >= 4 is 40.7 Å². The van der Waals surface area contributed by atoms with E-state index in [0.29, 0.717) is 27.1 Å². The molecule has 6 heteroatoms. The van der Waals surface area contributed by atoms with E-state index in [-0.39, 0.29) is 11.4 Å². The fourth-order valence-electron chi connectivity index (χ4n) is 1.70. The van der Waals surface area contributed by atoms with E-state index in [0.717, 1.165) is 12.3 Å². The van der Waals surface area contributed by atoms with Crippen LogP contribution in [0.5, 0.6) is 0 Å². The molecule has 3 nitrogen and oxygen atoms in total. The van der Waals surface area contributed by atoms with Crippen LogP contribution in [0.25, 0.3) is 0 Å². The predicted octanol–water partition coefficient (Wildman–Crippen LogP) is 3.29. The van der Waals surface area contributed by atoms with E-state index in [4.69, 9.17) is 23.2 Å². The quantitative estimate of drug-likeness (QED) is 0.517. The third-order valence-electron chi connectivity index (χ3n) is 2.65.